The Morgan fingerprint density at radius 3 is 2.82 bits per heavy atom. The Morgan fingerprint density at radius 2 is 2.00 bits per heavy atom. The van der Waals surface area contributed by atoms with E-state index >= 15 is 0 Å². The zero-order valence-corrected chi connectivity index (χ0v) is 9.59. The third-order valence-electron chi connectivity index (χ3n) is 2.51. The zero-order valence-electron chi connectivity index (χ0n) is 8.84. The highest BCUT2D eigenvalue weighted by Crippen LogP contribution is 2.21. The monoisotopic (exact) mass is 239 g/mol. The van der Waals surface area contributed by atoms with E-state index in [1.165, 1.54) is 0 Å². The van der Waals surface area contributed by atoms with Gasteiger partial charge in [0.15, 0.2) is 11.5 Å². The van der Waals surface area contributed by atoms with E-state index in [2.05, 4.69) is 10.2 Å². The highest BCUT2D eigenvalue weighted by atomic mass is 35.5. The van der Waals surface area contributed by atoms with Gasteiger partial charge in [0, 0.05) is 16.8 Å². The maximum absolute atomic E-state index is 5.96. The molecule has 0 aliphatic carbocycles. The molecule has 17 heavy (non-hydrogen) atoms. The first kappa shape index (κ1) is 10.4. The predicted octanol–water partition coefficient (Wildman–Crippen LogP) is 1.84. The summed E-state index contributed by atoms with van der Waals surface area (Å²) in [6, 6.07) is 11.1. The highest BCUT2D eigenvalue weighted by Gasteiger charge is 2.07. The van der Waals surface area contributed by atoms with E-state index in [0.29, 0.717) is 10.5 Å². The normalized spacial score (nSPS) is 10.9. The van der Waals surface area contributed by atoms with E-state index in [0.717, 1.165) is 17.0 Å². The smallest absolute Gasteiger partial charge is 0.168 e. The van der Waals surface area contributed by atoms with E-state index in [-0.39, 0.29) is 0 Å². The Bertz CT molecular complexity index is 693. The molecule has 2 aromatic heterocycles. The number of halogens is 1. The second-order valence-corrected chi connectivity index (χ2v) is 4.16. The predicted molar refractivity (Wildman–Crippen MR) is 68.8 cm³/mol. The molecule has 3 nitrogen and oxygen atoms in total. The largest absolute Gasteiger partial charge is 0.283 e. The summed E-state index contributed by atoms with van der Waals surface area (Å²) in [5.41, 5.74) is 2.34. The van der Waals surface area contributed by atoms with Crippen molar-refractivity contribution >= 4 is 30.6 Å². The molecule has 2 heterocycles. The van der Waals surface area contributed by atoms with Gasteiger partial charge in [0.1, 0.15) is 7.85 Å². The summed E-state index contributed by atoms with van der Waals surface area (Å²) in [5.74, 6) is 0.731. The molecule has 1 aromatic carbocycles. The fourth-order valence-electron chi connectivity index (χ4n) is 1.73. The minimum atomic E-state index is 0.667. The Kier molecular flexibility index (Phi) is 2.37. The van der Waals surface area contributed by atoms with Gasteiger partial charge in [-0.3, -0.25) is 4.40 Å². The summed E-state index contributed by atoms with van der Waals surface area (Å²) < 4.78 is 1.85. The van der Waals surface area contributed by atoms with Gasteiger partial charge in [-0.25, -0.2) is 0 Å². The van der Waals surface area contributed by atoms with Gasteiger partial charge in [0.25, 0.3) is 0 Å². The van der Waals surface area contributed by atoms with Crippen molar-refractivity contribution in [3.63, 3.8) is 0 Å². The summed E-state index contributed by atoms with van der Waals surface area (Å²) in [7, 11) is 5.76. The van der Waals surface area contributed by atoms with Crippen molar-refractivity contribution in [2.75, 3.05) is 0 Å². The van der Waals surface area contributed by atoms with Crippen LogP contribution in [0.15, 0.2) is 42.6 Å². The molecule has 0 atom stereocenters. The molecular formula is C12H7BClN3. The van der Waals surface area contributed by atoms with Crippen LogP contribution >= 0.6 is 11.6 Å². The number of nitrogens with zero attached hydrogens (tertiary/aromatic N) is 3. The molecular weight excluding hydrogens is 232 g/mol. The molecule has 3 aromatic rings. The number of fused-ring (bicyclic) bond motifs is 1. The minimum absolute atomic E-state index is 0.667. The van der Waals surface area contributed by atoms with Gasteiger partial charge in [-0.15, -0.1) is 10.2 Å². The second-order valence-electron chi connectivity index (χ2n) is 3.72. The van der Waals surface area contributed by atoms with Crippen molar-refractivity contribution < 1.29 is 0 Å². The Hall–Kier alpha value is -1.81. The van der Waals surface area contributed by atoms with Gasteiger partial charge in [-0.2, -0.15) is 0 Å². The van der Waals surface area contributed by atoms with E-state index < -0.39 is 0 Å². The van der Waals surface area contributed by atoms with Crippen LogP contribution in [0.2, 0.25) is 5.02 Å². The summed E-state index contributed by atoms with van der Waals surface area (Å²) >= 11 is 5.96. The first-order chi connectivity index (χ1) is 8.24. The van der Waals surface area contributed by atoms with E-state index in [9.17, 15) is 0 Å². The number of benzene rings is 1. The number of hydrogen-bond acceptors (Lipinski definition) is 2. The van der Waals surface area contributed by atoms with Crippen LogP contribution in [-0.4, -0.2) is 22.4 Å². The van der Waals surface area contributed by atoms with Gasteiger partial charge in [0.2, 0.25) is 0 Å². The van der Waals surface area contributed by atoms with Gasteiger partial charge in [-0.05, 0) is 18.2 Å². The van der Waals surface area contributed by atoms with Gasteiger partial charge in [0.05, 0.1) is 0 Å². The molecule has 0 N–H and O–H groups in total. The molecule has 3 rings (SSSR count). The number of hydrogen-bond donors (Lipinski definition) is 0. The number of pyridine rings is 1. The van der Waals surface area contributed by atoms with Crippen LogP contribution in [0.3, 0.4) is 0 Å². The van der Waals surface area contributed by atoms with Crippen molar-refractivity contribution in [2.24, 2.45) is 0 Å². The average molecular weight is 239 g/mol. The lowest BCUT2D eigenvalue weighted by Gasteiger charge is -2.01. The summed E-state index contributed by atoms with van der Waals surface area (Å²) in [6.07, 6.45) is 1.80. The van der Waals surface area contributed by atoms with Crippen LogP contribution in [0.4, 0.5) is 0 Å². The maximum Gasteiger partial charge on any atom is 0.168 e. The first-order valence-electron chi connectivity index (χ1n) is 5.10. The van der Waals surface area contributed by atoms with Crippen LogP contribution in [0.5, 0.6) is 0 Å². The van der Waals surface area contributed by atoms with Crippen molar-refractivity contribution in [1.29, 1.82) is 0 Å². The zero-order chi connectivity index (χ0) is 11.8. The van der Waals surface area contributed by atoms with Crippen LogP contribution in [0, 0.1) is 0 Å². The van der Waals surface area contributed by atoms with Crippen molar-refractivity contribution in [1.82, 2.24) is 14.6 Å². The third kappa shape index (κ3) is 1.81. The summed E-state index contributed by atoms with van der Waals surface area (Å²) in [4.78, 5) is 0. The Labute approximate surface area is 104 Å². The van der Waals surface area contributed by atoms with Crippen LogP contribution in [0.25, 0.3) is 17.0 Å². The van der Waals surface area contributed by atoms with Crippen LogP contribution < -0.4 is 5.46 Å². The molecule has 0 spiro atoms. The summed E-state index contributed by atoms with van der Waals surface area (Å²) in [6.45, 7) is 0. The summed E-state index contributed by atoms with van der Waals surface area (Å²) in [5, 5.41) is 8.90. The quantitative estimate of drug-likeness (QED) is 0.607. The average Bonchev–Trinajstić information content (AvgIpc) is 2.71. The molecule has 0 aliphatic rings. The first-order valence-corrected chi connectivity index (χ1v) is 5.48. The molecule has 5 heteroatoms. The minimum Gasteiger partial charge on any atom is -0.283 e. The topological polar surface area (TPSA) is 30.2 Å². The van der Waals surface area contributed by atoms with Gasteiger partial charge in [-0.1, -0.05) is 35.3 Å². The van der Waals surface area contributed by atoms with Crippen LogP contribution in [-0.2, 0) is 0 Å². The second kappa shape index (κ2) is 3.89. The van der Waals surface area contributed by atoms with E-state index in [1.54, 1.807) is 12.3 Å². The lowest BCUT2D eigenvalue weighted by molar-refractivity contribution is 1.11. The van der Waals surface area contributed by atoms with Gasteiger partial charge >= 0.3 is 0 Å². The lowest BCUT2D eigenvalue weighted by atomic mass is 9.99. The van der Waals surface area contributed by atoms with Crippen molar-refractivity contribution in [2.45, 2.75) is 0 Å². The molecule has 2 radical (unpaired) electrons. The van der Waals surface area contributed by atoms with Gasteiger partial charge < -0.3 is 0 Å². The van der Waals surface area contributed by atoms with E-state index in [4.69, 9.17) is 19.4 Å². The molecule has 0 bridgehead atoms. The van der Waals surface area contributed by atoms with Crippen LogP contribution in [0.1, 0.15) is 0 Å². The standard InChI is InChI=1S/C12H7BClN3/c13-9-4-5-11-15-16-12(17(11)7-9)8-2-1-3-10(14)6-8/h1-7H. The van der Waals surface area contributed by atoms with Crippen molar-refractivity contribution in [3.05, 3.63) is 47.6 Å². The molecule has 0 fully saturated rings. The molecule has 0 amide bonds. The third-order valence-corrected chi connectivity index (χ3v) is 2.74. The SMILES string of the molecule is [B]c1ccc2nnc(-c3cccc(Cl)c3)n2c1. The lowest BCUT2D eigenvalue weighted by Crippen LogP contribution is -2.04. The van der Waals surface area contributed by atoms with E-state index in [1.807, 2.05) is 34.7 Å². The maximum atomic E-state index is 5.96. The van der Waals surface area contributed by atoms with Crippen molar-refractivity contribution in [3.8, 4) is 11.4 Å². The molecule has 0 saturated carbocycles. The number of rotatable bonds is 1. The Balaban J connectivity index is 2.27. The number of aromatic nitrogens is 3. The molecule has 0 saturated heterocycles. The fourth-order valence-corrected chi connectivity index (χ4v) is 1.92. The fraction of sp³-hybridized carbons (Fsp3) is 0. The highest BCUT2D eigenvalue weighted by molar-refractivity contribution is 6.32. The molecule has 80 valence electrons. The molecule has 0 aliphatic heterocycles. The molecule has 0 unspecified atom stereocenters. The Morgan fingerprint density at radius 1 is 1.12 bits per heavy atom.